The average molecular weight is 896 g/mol. The van der Waals surface area contributed by atoms with Crippen molar-refractivity contribution in [3.8, 4) is 51.8 Å². The fourth-order valence-corrected chi connectivity index (χ4v) is 11.6. The largest absolute Gasteiger partial charge is 0.457 e. The van der Waals surface area contributed by atoms with E-state index in [1.54, 1.807) is 0 Å². The first kappa shape index (κ1) is 38.2. The number of nitrogens with zero attached hydrogens (tertiary/aromatic N) is 7. The molecule has 6 heterocycles. The zero-order valence-electron chi connectivity index (χ0n) is 37.0. The minimum atomic E-state index is -1.01. The molecule has 0 amide bonds. The van der Waals surface area contributed by atoms with Crippen LogP contribution in [0.1, 0.15) is 27.8 Å². The van der Waals surface area contributed by atoms with Gasteiger partial charge >= 0.3 is 0 Å². The Kier molecular flexibility index (Phi) is 7.65. The van der Waals surface area contributed by atoms with Crippen LogP contribution in [0.4, 0.5) is 22.7 Å². The first-order valence-corrected chi connectivity index (χ1v) is 23.0. The van der Waals surface area contributed by atoms with E-state index < -0.39 is 5.41 Å². The van der Waals surface area contributed by atoms with Crippen LogP contribution in [0.5, 0.6) is 23.0 Å². The minimum Gasteiger partial charge on any atom is -0.457 e. The summed E-state index contributed by atoms with van der Waals surface area (Å²) in [6.45, 7) is 7.85. The van der Waals surface area contributed by atoms with E-state index in [1.807, 2.05) is 103 Å². The molecule has 70 heavy (non-hydrogen) atoms. The fourth-order valence-electron chi connectivity index (χ4n) is 11.6. The van der Waals surface area contributed by atoms with Gasteiger partial charge in [0.05, 0.1) is 92.2 Å². The third-order valence-corrected chi connectivity index (χ3v) is 14.5. The van der Waals surface area contributed by atoms with Crippen molar-refractivity contribution in [2.24, 2.45) is 0 Å². The molecule has 1 atom stereocenters. The monoisotopic (exact) mass is 895 g/mol. The molecule has 15 rings (SSSR count). The van der Waals surface area contributed by atoms with Gasteiger partial charge in [-0.3, -0.25) is 9.97 Å². The quantitative estimate of drug-likeness (QED) is 0.164. The molecule has 2 aliphatic heterocycles. The van der Waals surface area contributed by atoms with E-state index in [0.717, 1.165) is 129 Å². The maximum Gasteiger partial charge on any atom is 0.188 e. The van der Waals surface area contributed by atoms with Gasteiger partial charge in [0.15, 0.2) is 17.2 Å². The number of aromatic nitrogens is 4. The highest BCUT2D eigenvalue weighted by atomic mass is 16.5. The Morgan fingerprint density at radius 3 is 1.69 bits per heavy atom. The highest BCUT2D eigenvalue weighted by Gasteiger charge is 2.53. The van der Waals surface area contributed by atoms with E-state index >= 15 is 0 Å². The number of hydrogen-bond acceptors (Lipinski definition) is 6. The predicted octanol–water partition coefficient (Wildman–Crippen LogP) is 15.1. The van der Waals surface area contributed by atoms with Gasteiger partial charge in [0.2, 0.25) is 0 Å². The molecule has 0 fully saturated rings. The van der Waals surface area contributed by atoms with Gasteiger partial charge in [0.1, 0.15) is 11.5 Å². The smallest absolute Gasteiger partial charge is 0.188 e. The van der Waals surface area contributed by atoms with E-state index in [1.165, 1.54) is 0 Å². The van der Waals surface area contributed by atoms with Gasteiger partial charge in [-0.05, 0) is 109 Å². The first-order chi connectivity index (χ1) is 34.6. The molecule has 0 radical (unpaired) electrons. The number of ether oxygens (including phenoxy) is 2. The van der Waals surface area contributed by atoms with E-state index in [4.69, 9.17) is 26.0 Å². The molecule has 324 valence electrons. The lowest BCUT2D eigenvalue weighted by Crippen LogP contribution is -2.33. The maximum atomic E-state index is 9.99. The van der Waals surface area contributed by atoms with E-state index in [9.17, 15) is 5.26 Å². The zero-order valence-corrected chi connectivity index (χ0v) is 37.0. The van der Waals surface area contributed by atoms with Crippen LogP contribution in [0.15, 0.2) is 200 Å². The molecule has 4 aromatic heterocycles. The summed E-state index contributed by atoms with van der Waals surface area (Å²) in [5.74, 6) is 2.96. The fraction of sp³-hybridized carbons (Fsp3) is 0.0164. The number of para-hydroxylation sites is 7. The van der Waals surface area contributed by atoms with Crippen molar-refractivity contribution in [2.45, 2.75) is 5.41 Å². The molecule has 0 saturated carbocycles. The third kappa shape index (κ3) is 5.02. The molecule has 3 aliphatic rings. The summed E-state index contributed by atoms with van der Waals surface area (Å²) in [5, 5.41) is 14.1. The zero-order chi connectivity index (χ0) is 46.2. The number of rotatable bonds is 3. The number of pyridine rings is 2. The normalized spacial score (nSPS) is 14.8. The van der Waals surface area contributed by atoms with E-state index in [-0.39, 0.29) is 0 Å². The number of benzene rings is 8. The summed E-state index contributed by atoms with van der Waals surface area (Å²) in [6.07, 6.45) is 3.91. The second-order valence-corrected chi connectivity index (χ2v) is 17.9. The maximum absolute atomic E-state index is 9.99. The van der Waals surface area contributed by atoms with Crippen LogP contribution in [-0.4, -0.2) is 19.1 Å². The van der Waals surface area contributed by atoms with Crippen molar-refractivity contribution in [2.75, 3.05) is 4.90 Å². The molecule has 1 unspecified atom stereocenters. The van der Waals surface area contributed by atoms with Gasteiger partial charge in [-0.15, -0.1) is 0 Å². The third-order valence-electron chi connectivity index (χ3n) is 14.5. The summed E-state index contributed by atoms with van der Waals surface area (Å²) in [4.78, 5) is 16.9. The van der Waals surface area contributed by atoms with Gasteiger partial charge in [0, 0.05) is 44.1 Å². The molecule has 1 spiro atoms. The van der Waals surface area contributed by atoms with Crippen LogP contribution in [0, 0.1) is 17.9 Å². The lowest BCUT2D eigenvalue weighted by atomic mass is 9.66. The molecule has 0 bridgehead atoms. The minimum absolute atomic E-state index is 0.587. The second-order valence-electron chi connectivity index (χ2n) is 17.9. The Morgan fingerprint density at radius 2 is 0.986 bits per heavy atom. The van der Waals surface area contributed by atoms with E-state index in [0.29, 0.717) is 11.3 Å². The SMILES string of the molecule is [C-]#[N+]c1ccc2c(c1)c1ccccc1n2-c1cnc2c(c1)C1(c3ccccc3Oc3ccc(-n4c5ccccc5c5cc(C#N)ccc54)cc31)c1cc(N3c4ccccc4Oc4ccccc43)cnc1-2. The number of hydrogen-bond donors (Lipinski definition) is 0. The summed E-state index contributed by atoms with van der Waals surface area (Å²) < 4.78 is 18.1. The second kappa shape index (κ2) is 14.0. The highest BCUT2D eigenvalue weighted by Crippen LogP contribution is 2.63. The molecule has 8 aromatic carbocycles. The van der Waals surface area contributed by atoms with Crippen molar-refractivity contribution < 1.29 is 9.47 Å². The Balaban J connectivity index is 1.06. The van der Waals surface area contributed by atoms with Crippen LogP contribution in [-0.2, 0) is 5.41 Å². The molecule has 12 aromatic rings. The van der Waals surface area contributed by atoms with Gasteiger partial charge < -0.3 is 23.5 Å². The molecular formula is C61H33N7O2. The number of fused-ring (bicyclic) bond motifs is 17. The summed E-state index contributed by atoms with van der Waals surface area (Å²) >= 11 is 0. The summed E-state index contributed by atoms with van der Waals surface area (Å²) in [7, 11) is 0. The molecule has 0 saturated heterocycles. The predicted molar refractivity (Wildman–Crippen MR) is 274 cm³/mol. The van der Waals surface area contributed by atoms with Crippen LogP contribution in [0.25, 0.3) is 71.2 Å². The van der Waals surface area contributed by atoms with Crippen LogP contribution in [0.3, 0.4) is 0 Å². The molecular weight excluding hydrogens is 863 g/mol. The van der Waals surface area contributed by atoms with Gasteiger partial charge in [-0.1, -0.05) is 84.9 Å². The number of nitriles is 1. The Morgan fingerprint density at radius 1 is 0.457 bits per heavy atom. The topological polar surface area (TPSA) is 85.5 Å². The number of anilines is 3. The van der Waals surface area contributed by atoms with Gasteiger partial charge in [0.25, 0.3) is 0 Å². The summed E-state index contributed by atoms with van der Waals surface area (Å²) in [6, 6.07) is 66.6. The molecule has 9 heteroatoms. The average Bonchev–Trinajstić information content (AvgIpc) is 4.03. The molecule has 9 nitrogen and oxygen atoms in total. The lowest BCUT2D eigenvalue weighted by Gasteiger charge is -2.40. The highest BCUT2D eigenvalue weighted by molar-refractivity contribution is 6.11. The van der Waals surface area contributed by atoms with Crippen LogP contribution >= 0.6 is 0 Å². The Hall–Kier alpha value is -9.96. The standard InChI is InChI=1S/C61H33N7O2/c1-63-37-23-26-52-44(29-37)42-13-3-6-16-50(42)67(52)39-31-47-59(64-34-39)60-48(32-40(35-65-60)68-53-17-7-10-20-57(53)70-58-21-11-8-18-54(58)68)61(47)45-14-4-9-19-55(45)69-56-27-24-38(30-46(56)61)66-49-15-5-2-12-41(49)43-28-36(33-62)22-25-51(43)66/h2-32,34-35H. The van der Waals surface area contributed by atoms with Crippen molar-refractivity contribution in [1.82, 2.24) is 19.1 Å². The van der Waals surface area contributed by atoms with Crippen LogP contribution in [0.2, 0.25) is 0 Å². The van der Waals surface area contributed by atoms with Crippen LogP contribution < -0.4 is 14.4 Å². The summed E-state index contributed by atoms with van der Waals surface area (Å²) in [5.41, 5.74) is 14.1. The van der Waals surface area contributed by atoms with Crippen molar-refractivity contribution in [3.63, 3.8) is 0 Å². The van der Waals surface area contributed by atoms with Gasteiger partial charge in [-0.25, -0.2) is 4.85 Å². The first-order valence-electron chi connectivity index (χ1n) is 23.0. The Labute approximate surface area is 400 Å². The lowest BCUT2D eigenvalue weighted by molar-refractivity contribution is 0.436. The van der Waals surface area contributed by atoms with Crippen molar-refractivity contribution in [1.29, 1.82) is 5.26 Å². The Bertz CT molecular complexity index is 4330. The van der Waals surface area contributed by atoms with Gasteiger partial charge in [-0.2, -0.15) is 5.26 Å². The van der Waals surface area contributed by atoms with E-state index in [2.05, 4.69) is 122 Å². The van der Waals surface area contributed by atoms with Crippen molar-refractivity contribution in [3.05, 3.63) is 240 Å². The van der Waals surface area contributed by atoms with Crippen molar-refractivity contribution >= 4 is 66.4 Å². The molecule has 1 aliphatic carbocycles. The molecule has 0 N–H and O–H groups in total.